The summed E-state index contributed by atoms with van der Waals surface area (Å²) in [5.74, 6) is 0.693. The third-order valence-corrected chi connectivity index (χ3v) is 7.19. The Morgan fingerprint density at radius 1 is 1.09 bits per heavy atom. The van der Waals surface area contributed by atoms with E-state index in [2.05, 4.69) is 31.7 Å². The minimum Gasteiger partial charge on any atom is -0.444 e. The number of nitrogens with two attached hydrogens (primary N) is 2. The summed E-state index contributed by atoms with van der Waals surface area (Å²) in [6.07, 6.45) is 12.2. The highest BCUT2D eigenvalue weighted by atomic mass is 32.2. The number of imidazole rings is 1. The fraction of sp³-hybridized carbons (Fsp3) is 0.375. The van der Waals surface area contributed by atoms with Gasteiger partial charge in [0.15, 0.2) is 22.1 Å². The molecule has 0 spiro atoms. The number of hydrogen-bond acceptors (Lipinski definition) is 8. The average Bonchev–Trinajstić information content (AvgIpc) is 3.48. The van der Waals surface area contributed by atoms with Crippen LogP contribution in [0, 0.1) is 0 Å². The maximum Gasteiger partial charge on any atom is 0.227 e. The van der Waals surface area contributed by atoms with E-state index in [0.29, 0.717) is 35.8 Å². The van der Waals surface area contributed by atoms with E-state index in [9.17, 15) is 4.79 Å². The van der Waals surface area contributed by atoms with Crippen LogP contribution < -0.4 is 11.5 Å². The molecular weight excluding hydrogens is 450 g/mol. The predicted octanol–water partition coefficient (Wildman–Crippen LogP) is 4.14. The number of nitrogen functional groups attached to an aromatic ring is 1. The first-order valence-electron chi connectivity index (χ1n) is 11.6. The summed E-state index contributed by atoms with van der Waals surface area (Å²) in [5, 5.41) is 0.792. The van der Waals surface area contributed by atoms with Crippen molar-refractivity contribution in [2.45, 2.75) is 68.0 Å². The van der Waals surface area contributed by atoms with Crippen molar-refractivity contribution in [3.05, 3.63) is 42.0 Å². The number of aromatic nitrogens is 5. The van der Waals surface area contributed by atoms with Crippen molar-refractivity contribution in [2.24, 2.45) is 5.73 Å². The second kappa shape index (κ2) is 9.84. The first-order chi connectivity index (χ1) is 16.6. The molecule has 34 heavy (non-hydrogen) atoms. The van der Waals surface area contributed by atoms with Crippen molar-refractivity contribution >= 4 is 34.7 Å². The van der Waals surface area contributed by atoms with Crippen molar-refractivity contribution in [3.8, 4) is 11.5 Å². The Kier molecular flexibility index (Phi) is 6.48. The van der Waals surface area contributed by atoms with Gasteiger partial charge in [-0.15, -0.1) is 0 Å². The number of carbonyl (C=O) groups is 1. The van der Waals surface area contributed by atoms with E-state index in [4.69, 9.17) is 20.9 Å². The number of amides is 1. The molecule has 4 aromatic rings. The van der Waals surface area contributed by atoms with Crippen LogP contribution in [0.25, 0.3) is 22.6 Å². The van der Waals surface area contributed by atoms with Gasteiger partial charge in [0.25, 0.3) is 0 Å². The Balaban J connectivity index is 1.51. The molecule has 5 rings (SSSR count). The van der Waals surface area contributed by atoms with E-state index in [1.807, 2.05) is 0 Å². The number of hydrogen-bond donors (Lipinski definition) is 2. The van der Waals surface area contributed by atoms with Crippen molar-refractivity contribution < 1.29 is 9.21 Å². The van der Waals surface area contributed by atoms with Crippen LogP contribution in [0.15, 0.2) is 45.4 Å². The van der Waals surface area contributed by atoms with Crippen LogP contribution in [0.3, 0.4) is 0 Å². The first-order valence-corrected chi connectivity index (χ1v) is 12.4. The Hall–Kier alpha value is -3.40. The lowest BCUT2D eigenvalue weighted by molar-refractivity contribution is -0.118. The van der Waals surface area contributed by atoms with E-state index >= 15 is 0 Å². The number of fused-ring (bicyclic) bond motifs is 2. The smallest absolute Gasteiger partial charge is 0.227 e. The third kappa shape index (κ3) is 4.63. The summed E-state index contributed by atoms with van der Waals surface area (Å²) >= 11 is 1.57. The molecule has 3 heterocycles. The molecule has 0 bridgehead atoms. The molecule has 1 aromatic carbocycles. The second-order valence-corrected chi connectivity index (χ2v) is 9.53. The Morgan fingerprint density at radius 2 is 1.91 bits per heavy atom. The highest BCUT2D eigenvalue weighted by Gasteiger charge is 2.21. The van der Waals surface area contributed by atoms with Gasteiger partial charge in [-0.05, 0) is 61.8 Å². The van der Waals surface area contributed by atoms with Crippen LogP contribution in [-0.4, -0.2) is 30.4 Å². The highest BCUT2D eigenvalue weighted by molar-refractivity contribution is 7.99. The van der Waals surface area contributed by atoms with Crippen LogP contribution in [0.2, 0.25) is 0 Å². The van der Waals surface area contributed by atoms with E-state index in [0.717, 1.165) is 47.7 Å². The molecule has 0 saturated carbocycles. The van der Waals surface area contributed by atoms with Gasteiger partial charge in [0.05, 0.1) is 11.8 Å². The van der Waals surface area contributed by atoms with Crippen LogP contribution in [-0.2, 0) is 24.2 Å². The summed E-state index contributed by atoms with van der Waals surface area (Å²) in [7, 11) is 0. The highest BCUT2D eigenvalue weighted by Crippen LogP contribution is 2.40. The number of nitrogens with zero attached hydrogens (tertiary/aromatic N) is 5. The maximum atomic E-state index is 11.1. The van der Waals surface area contributed by atoms with Crippen molar-refractivity contribution in [1.29, 1.82) is 0 Å². The number of carbonyl (C=O) groups excluding carboxylic acids is 1. The van der Waals surface area contributed by atoms with Gasteiger partial charge in [-0.1, -0.05) is 18.2 Å². The Bertz CT molecular complexity index is 1320. The van der Waals surface area contributed by atoms with Crippen LogP contribution in [0.5, 0.6) is 0 Å². The molecule has 4 N–H and O–H groups in total. The number of rotatable bonds is 9. The molecule has 1 amide bonds. The molecule has 1 aliphatic rings. The zero-order valence-electron chi connectivity index (χ0n) is 18.9. The average molecular weight is 478 g/mol. The molecule has 0 atom stereocenters. The SMILES string of the molecule is NC(=O)CCCCCn1c(Sc2cc3c(cc2-c2ncco2)CCCC3)nc2c(N)ncnc21. The van der Waals surface area contributed by atoms with Crippen molar-refractivity contribution in [1.82, 2.24) is 24.5 Å². The summed E-state index contributed by atoms with van der Waals surface area (Å²) in [6, 6.07) is 4.47. The maximum absolute atomic E-state index is 11.1. The van der Waals surface area contributed by atoms with E-state index in [1.54, 1.807) is 24.2 Å². The van der Waals surface area contributed by atoms with Crippen molar-refractivity contribution in [2.75, 3.05) is 5.73 Å². The number of unbranched alkanes of at least 4 members (excludes halogenated alkanes) is 2. The molecule has 176 valence electrons. The number of benzene rings is 1. The van der Waals surface area contributed by atoms with Gasteiger partial charge < -0.3 is 20.5 Å². The van der Waals surface area contributed by atoms with Gasteiger partial charge in [-0.3, -0.25) is 4.79 Å². The zero-order chi connectivity index (χ0) is 23.5. The molecule has 0 unspecified atom stereocenters. The number of anilines is 1. The quantitative estimate of drug-likeness (QED) is 0.343. The fourth-order valence-corrected chi connectivity index (χ4v) is 5.51. The van der Waals surface area contributed by atoms with Crippen LogP contribution in [0.4, 0.5) is 5.82 Å². The number of aryl methyl sites for hydroxylation is 3. The molecule has 3 aromatic heterocycles. The normalized spacial score (nSPS) is 13.3. The molecular formula is C24H27N7O2S. The predicted molar refractivity (Wildman–Crippen MR) is 130 cm³/mol. The fourth-order valence-electron chi connectivity index (χ4n) is 4.43. The van der Waals surface area contributed by atoms with Gasteiger partial charge in [0.1, 0.15) is 12.6 Å². The monoisotopic (exact) mass is 477 g/mol. The topological polar surface area (TPSA) is 139 Å². The summed E-state index contributed by atoms with van der Waals surface area (Å²) in [4.78, 5) is 29.9. The molecule has 0 aliphatic heterocycles. The minimum atomic E-state index is -0.267. The van der Waals surface area contributed by atoms with E-state index < -0.39 is 0 Å². The summed E-state index contributed by atoms with van der Waals surface area (Å²) in [5.41, 5.74) is 16.4. The third-order valence-electron chi connectivity index (χ3n) is 6.14. The number of oxazole rings is 1. The largest absolute Gasteiger partial charge is 0.444 e. The lowest BCUT2D eigenvalue weighted by Gasteiger charge is -2.19. The van der Waals surface area contributed by atoms with Crippen LogP contribution >= 0.6 is 11.8 Å². The molecule has 10 heteroatoms. The van der Waals surface area contributed by atoms with Gasteiger partial charge in [-0.2, -0.15) is 0 Å². The molecule has 1 aliphatic carbocycles. The standard InChI is InChI=1S/C24H27N7O2S/c25-19(32)8-2-1-5-10-31-22-20(21(26)28-14-29-22)30-24(31)34-18-13-16-7-4-3-6-15(16)12-17(18)23-27-9-11-33-23/h9,11-14H,1-8,10H2,(H2,25,32)(H2,26,28,29). The Labute approximate surface area is 201 Å². The number of primary amides is 1. The molecule has 0 radical (unpaired) electrons. The van der Waals surface area contributed by atoms with E-state index in [-0.39, 0.29) is 5.91 Å². The van der Waals surface area contributed by atoms with Crippen molar-refractivity contribution in [3.63, 3.8) is 0 Å². The van der Waals surface area contributed by atoms with Gasteiger partial charge in [-0.25, -0.2) is 19.9 Å². The van der Waals surface area contributed by atoms with E-state index in [1.165, 1.54) is 30.3 Å². The minimum absolute atomic E-state index is 0.267. The first kappa shape index (κ1) is 22.4. The van der Waals surface area contributed by atoms with Gasteiger partial charge >= 0.3 is 0 Å². The molecule has 0 saturated heterocycles. The zero-order valence-corrected chi connectivity index (χ0v) is 19.7. The van der Waals surface area contributed by atoms with Crippen LogP contribution in [0.1, 0.15) is 49.7 Å². The summed E-state index contributed by atoms with van der Waals surface area (Å²) in [6.45, 7) is 0.702. The lowest BCUT2D eigenvalue weighted by atomic mass is 9.90. The van der Waals surface area contributed by atoms with Gasteiger partial charge in [0, 0.05) is 17.9 Å². The van der Waals surface area contributed by atoms with Gasteiger partial charge in [0.2, 0.25) is 11.8 Å². The molecule has 0 fully saturated rings. The molecule has 9 nitrogen and oxygen atoms in total. The lowest BCUT2D eigenvalue weighted by Crippen LogP contribution is -2.09. The Morgan fingerprint density at radius 3 is 2.68 bits per heavy atom. The second-order valence-electron chi connectivity index (χ2n) is 8.52. The summed E-state index contributed by atoms with van der Waals surface area (Å²) < 4.78 is 7.76.